The molecule has 0 aliphatic carbocycles. The number of benzene rings is 1. The molecule has 2 heterocycles. The van der Waals surface area contributed by atoms with E-state index >= 15 is 0 Å². The number of aryl methyl sites for hydroxylation is 2. The van der Waals surface area contributed by atoms with Gasteiger partial charge in [0, 0.05) is 13.1 Å². The van der Waals surface area contributed by atoms with E-state index in [1.165, 1.54) is 17.1 Å². The summed E-state index contributed by atoms with van der Waals surface area (Å²) in [4.78, 5) is 31.1. The lowest BCUT2D eigenvalue weighted by Crippen LogP contribution is -2.36. The van der Waals surface area contributed by atoms with Crippen molar-refractivity contribution in [2.45, 2.75) is 34.2 Å². The zero-order valence-corrected chi connectivity index (χ0v) is 15.6. The number of carbonyl (C=O) groups is 1. The fourth-order valence-electron chi connectivity index (χ4n) is 3.10. The van der Waals surface area contributed by atoms with E-state index in [0.29, 0.717) is 24.1 Å². The number of rotatable bonds is 5. The van der Waals surface area contributed by atoms with E-state index < -0.39 is 0 Å². The van der Waals surface area contributed by atoms with Gasteiger partial charge in [0.05, 0.1) is 11.9 Å². The van der Waals surface area contributed by atoms with Crippen molar-refractivity contribution in [1.29, 1.82) is 0 Å². The maximum atomic E-state index is 12.7. The highest BCUT2D eigenvalue weighted by molar-refractivity contribution is 5.78. The highest BCUT2D eigenvalue weighted by Gasteiger charge is 2.16. The van der Waals surface area contributed by atoms with Gasteiger partial charge in [0.15, 0.2) is 5.65 Å². The SMILES string of the molecule is CCN(CC)C(=O)Cn1cnc2c(cnn2-c2ccc(C)cc2C)c1=O. The molecule has 0 N–H and O–H groups in total. The molecule has 0 spiro atoms. The van der Waals surface area contributed by atoms with Crippen molar-refractivity contribution in [3.8, 4) is 5.69 Å². The first-order valence-electron chi connectivity index (χ1n) is 8.74. The maximum Gasteiger partial charge on any atom is 0.264 e. The van der Waals surface area contributed by atoms with Gasteiger partial charge in [-0.3, -0.25) is 14.2 Å². The van der Waals surface area contributed by atoms with E-state index in [9.17, 15) is 9.59 Å². The number of fused-ring (bicyclic) bond motifs is 1. The van der Waals surface area contributed by atoms with E-state index in [4.69, 9.17) is 0 Å². The summed E-state index contributed by atoms with van der Waals surface area (Å²) in [5.41, 5.74) is 3.33. The second-order valence-corrected chi connectivity index (χ2v) is 6.33. The minimum atomic E-state index is -0.258. The normalized spacial score (nSPS) is 11.1. The Labute approximate surface area is 151 Å². The lowest BCUT2D eigenvalue weighted by molar-refractivity contribution is -0.131. The number of aromatic nitrogens is 4. The summed E-state index contributed by atoms with van der Waals surface area (Å²) in [6, 6.07) is 6.03. The van der Waals surface area contributed by atoms with Gasteiger partial charge in [-0.2, -0.15) is 5.10 Å². The lowest BCUT2D eigenvalue weighted by Gasteiger charge is -2.18. The predicted molar refractivity (Wildman–Crippen MR) is 101 cm³/mol. The minimum Gasteiger partial charge on any atom is -0.342 e. The summed E-state index contributed by atoms with van der Waals surface area (Å²) in [5, 5.41) is 4.75. The number of amides is 1. The van der Waals surface area contributed by atoms with Gasteiger partial charge in [-0.05, 0) is 39.3 Å². The number of nitrogens with zero attached hydrogens (tertiary/aromatic N) is 5. The van der Waals surface area contributed by atoms with Gasteiger partial charge in [-0.15, -0.1) is 0 Å². The molecule has 0 radical (unpaired) electrons. The van der Waals surface area contributed by atoms with E-state index in [2.05, 4.69) is 16.1 Å². The molecular formula is C19H23N5O2. The molecule has 1 amide bonds. The molecule has 0 aliphatic rings. The van der Waals surface area contributed by atoms with Crippen molar-refractivity contribution in [1.82, 2.24) is 24.2 Å². The topological polar surface area (TPSA) is 73.0 Å². The monoisotopic (exact) mass is 353 g/mol. The molecule has 1 aromatic carbocycles. The number of likely N-dealkylation sites (N-methyl/N-ethyl adjacent to an activating group) is 1. The Hall–Kier alpha value is -2.96. The van der Waals surface area contributed by atoms with Crippen LogP contribution in [0.4, 0.5) is 0 Å². The van der Waals surface area contributed by atoms with Crippen LogP contribution in [0, 0.1) is 13.8 Å². The number of hydrogen-bond donors (Lipinski definition) is 0. The summed E-state index contributed by atoms with van der Waals surface area (Å²) in [5.74, 6) is -0.0972. The molecule has 7 nitrogen and oxygen atoms in total. The zero-order chi connectivity index (χ0) is 18.8. The lowest BCUT2D eigenvalue weighted by atomic mass is 10.1. The van der Waals surface area contributed by atoms with Crippen LogP contribution in [0.3, 0.4) is 0 Å². The standard InChI is InChI=1S/C19H23N5O2/c1-5-22(6-2)17(25)11-23-12-20-18-15(19(23)26)10-21-24(18)16-8-7-13(3)9-14(16)4/h7-10,12H,5-6,11H2,1-4H3. The van der Waals surface area contributed by atoms with Crippen molar-refractivity contribution < 1.29 is 4.79 Å². The highest BCUT2D eigenvalue weighted by Crippen LogP contribution is 2.18. The van der Waals surface area contributed by atoms with Gasteiger partial charge in [0.25, 0.3) is 5.56 Å². The van der Waals surface area contributed by atoms with Gasteiger partial charge in [-0.25, -0.2) is 9.67 Å². The maximum absolute atomic E-state index is 12.7. The second kappa shape index (κ2) is 7.11. The van der Waals surface area contributed by atoms with Gasteiger partial charge >= 0.3 is 0 Å². The van der Waals surface area contributed by atoms with Crippen LogP contribution < -0.4 is 5.56 Å². The molecule has 0 aliphatic heterocycles. The molecule has 0 atom stereocenters. The van der Waals surface area contributed by atoms with Crippen LogP contribution in [-0.4, -0.2) is 43.2 Å². The molecule has 7 heteroatoms. The molecular weight excluding hydrogens is 330 g/mol. The van der Waals surface area contributed by atoms with E-state index in [-0.39, 0.29) is 18.0 Å². The smallest absolute Gasteiger partial charge is 0.264 e. The molecule has 0 saturated carbocycles. The Morgan fingerprint density at radius 3 is 2.58 bits per heavy atom. The van der Waals surface area contributed by atoms with Crippen LogP contribution in [-0.2, 0) is 11.3 Å². The first-order valence-corrected chi connectivity index (χ1v) is 8.74. The summed E-state index contributed by atoms with van der Waals surface area (Å²) < 4.78 is 3.01. The van der Waals surface area contributed by atoms with Crippen LogP contribution in [0.25, 0.3) is 16.7 Å². The van der Waals surface area contributed by atoms with E-state index in [1.54, 1.807) is 9.58 Å². The van der Waals surface area contributed by atoms with Crippen LogP contribution in [0.15, 0.2) is 35.5 Å². The van der Waals surface area contributed by atoms with Crippen molar-refractivity contribution >= 4 is 16.9 Å². The van der Waals surface area contributed by atoms with Crippen LogP contribution in [0.2, 0.25) is 0 Å². The number of carbonyl (C=O) groups excluding carboxylic acids is 1. The Morgan fingerprint density at radius 2 is 1.92 bits per heavy atom. The van der Waals surface area contributed by atoms with Crippen molar-refractivity contribution in [2.75, 3.05) is 13.1 Å². The molecule has 136 valence electrons. The summed E-state index contributed by atoms with van der Waals surface area (Å²) in [6.45, 7) is 9.08. The van der Waals surface area contributed by atoms with Gasteiger partial charge in [-0.1, -0.05) is 17.7 Å². The Balaban J connectivity index is 2.02. The third-order valence-electron chi connectivity index (χ3n) is 4.56. The van der Waals surface area contributed by atoms with Crippen molar-refractivity contribution in [3.05, 3.63) is 52.2 Å². The average molecular weight is 353 g/mol. The second-order valence-electron chi connectivity index (χ2n) is 6.33. The molecule has 0 fully saturated rings. The quantitative estimate of drug-likeness (QED) is 0.704. The van der Waals surface area contributed by atoms with Crippen molar-refractivity contribution in [2.24, 2.45) is 0 Å². The first kappa shape index (κ1) is 17.8. The highest BCUT2D eigenvalue weighted by atomic mass is 16.2. The largest absolute Gasteiger partial charge is 0.342 e. The Bertz CT molecular complexity index is 1010. The van der Waals surface area contributed by atoms with Crippen LogP contribution in [0.5, 0.6) is 0 Å². The van der Waals surface area contributed by atoms with Gasteiger partial charge in [0.1, 0.15) is 18.3 Å². The van der Waals surface area contributed by atoms with E-state index in [1.807, 2.05) is 39.8 Å². The Morgan fingerprint density at radius 1 is 1.19 bits per heavy atom. The third kappa shape index (κ3) is 3.12. The molecule has 0 saturated heterocycles. The van der Waals surface area contributed by atoms with Crippen LogP contribution >= 0.6 is 0 Å². The van der Waals surface area contributed by atoms with Gasteiger partial charge in [0.2, 0.25) is 5.91 Å². The molecule has 0 unspecified atom stereocenters. The average Bonchev–Trinajstić information content (AvgIpc) is 3.03. The van der Waals surface area contributed by atoms with Crippen LogP contribution in [0.1, 0.15) is 25.0 Å². The van der Waals surface area contributed by atoms with E-state index in [0.717, 1.165) is 16.8 Å². The number of hydrogen-bond acceptors (Lipinski definition) is 4. The summed E-state index contributed by atoms with van der Waals surface area (Å²) >= 11 is 0. The van der Waals surface area contributed by atoms with Crippen molar-refractivity contribution in [3.63, 3.8) is 0 Å². The molecule has 3 rings (SSSR count). The molecule has 26 heavy (non-hydrogen) atoms. The molecule has 0 bridgehead atoms. The third-order valence-corrected chi connectivity index (χ3v) is 4.56. The summed E-state index contributed by atoms with van der Waals surface area (Å²) in [6.07, 6.45) is 2.94. The fraction of sp³-hybridized carbons (Fsp3) is 0.368. The fourth-order valence-corrected chi connectivity index (χ4v) is 3.10. The first-order chi connectivity index (χ1) is 12.5. The summed E-state index contributed by atoms with van der Waals surface area (Å²) in [7, 11) is 0. The zero-order valence-electron chi connectivity index (χ0n) is 15.6. The molecule has 2 aromatic heterocycles. The molecule has 3 aromatic rings. The predicted octanol–water partition coefficient (Wildman–Crippen LogP) is 2.07. The minimum absolute atomic E-state index is 0.0157. The Kier molecular flexibility index (Phi) is 4.88. The van der Waals surface area contributed by atoms with Gasteiger partial charge < -0.3 is 4.90 Å².